The predicted molar refractivity (Wildman–Crippen MR) is 126 cm³/mol. The lowest BCUT2D eigenvalue weighted by molar-refractivity contribution is -0.129. The minimum Gasteiger partial charge on any atom is -0.497 e. The molecule has 1 unspecified atom stereocenters. The van der Waals surface area contributed by atoms with Crippen molar-refractivity contribution in [2.24, 2.45) is 5.92 Å². The Morgan fingerprint density at radius 1 is 0.906 bits per heavy atom. The smallest absolute Gasteiger partial charge is 0.243 e. The molecule has 6 nitrogen and oxygen atoms in total. The lowest BCUT2D eigenvalue weighted by atomic mass is 10.0. The molecule has 3 aromatic rings. The summed E-state index contributed by atoms with van der Waals surface area (Å²) in [4.78, 5) is 25.5. The van der Waals surface area contributed by atoms with Gasteiger partial charge >= 0.3 is 0 Å². The van der Waals surface area contributed by atoms with Crippen LogP contribution < -0.4 is 20.1 Å². The molecule has 0 saturated carbocycles. The number of methoxy groups -OCH3 is 2. The first kappa shape index (κ1) is 23.1. The maximum Gasteiger partial charge on any atom is 0.243 e. The molecule has 3 aromatic carbocycles. The second kappa shape index (κ2) is 10.7. The van der Waals surface area contributed by atoms with Gasteiger partial charge in [0.2, 0.25) is 11.8 Å². The van der Waals surface area contributed by atoms with E-state index in [0.717, 1.165) is 21.9 Å². The van der Waals surface area contributed by atoms with Crippen LogP contribution in [-0.4, -0.2) is 32.1 Å². The van der Waals surface area contributed by atoms with Gasteiger partial charge in [0, 0.05) is 18.2 Å². The summed E-state index contributed by atoms with van der Waals surface area (Å²) >= 11 is 0. The third kappa shape index (κ3) is 5.78. The molecule has 0 aliphatic rings. The highest BCUT2D eigenvalue weighted by atomic mass is 16.5. The van der Waals surface area contributed by atoms with Crippen molar-refractivity contribution >= 4 is 22.6 Å². The van der Waals surface area contributed by atoms with Gasteiger partial charge in [0.15, 0.2) is 0 Å². The summed E-state index contributed by atoms with van der Waals surface area (Å²) in [6, 6.07) is 18.8. The van der Waals surface area contributed by atoms with Crippen LogP contribution in [0.2, 0.25) is 0 Å². The highest BCUT2D eigenvalue weighted by Crippen LogP contribution is 2.24. The molecule has 0 aliphatic carbocycles. The number of hydrogen-bond donors (Lipinski definition) is 2. The maximum atomic E-state index is 12.9. The molecule has 0 aliphatic heterocycles. The number of hydrogen-bond acceptors (Lipinski definition) is 4. The molecule has 6 heteroatoms. The van der Waals surface area contributed by atoms with E-state index in [2.05, 4.69) is 10.6 Å². The quantitative estimate of drug-likeness (QED) is 0.536. The molecule has 0 spiro atoms. The summed E-state index contributed by atoms with van der Waals surface area (Å²) in [6.45, 7) is 4.11. The monoisotopic (exact) mass is 434 g/mol. The molecular weight excluding hydrogens is 404 g/mol. The molecular formula is C26H30N2O4. The van der Waals surface area contributed by atoms with Crippen LogP contribution in [0.25, 0.3) is 10.8 Å². The number of benzene rings is 3. The molecule has 2 N–H and O–H groups in total. The Kier molecular flexibility index (Phi) is 7.71. The van der Waals surface area contributed by atoms with Gasteiger partial charge < -0.3 is 20.1 Å². The van der Waals surface area contributed by atoms with E-state index in [1.807, 2.05) is 68.4 Å². The Bertz CT molecular complexity index is 1090. The van der Waals surface area contributed by atoms with Gasteiger partial charge in [0.05, 0.1) is 20.6 Å². The molecule has 0 bridgehead atoms. The fourth-order valence-electron chi connectivity index (χ4n) is 3.58. The van der Waals surface area contributed by atoms with E-state index >= 15 is 0 Å². The van der Waals surface area contributed by atoms with Gasteiger partial charge in [-0.05, 0) is 34.4 Å². The number of amides is 2. The third-order valence-corrected chi connectivity index (χ3v) is 5.39. The van der Waals surface area contributed by atoms with Crippen LogP contribution in [0.15, 0.2) is 60.7 Å². The zero-order valence-corrected chi connectivity index (χ0v) is 19.0. The van der Waals surface area contributed by atoms with Crippen LogP contribution in [-0.2, 0) is 22.6 Å². The van der Waals surface area contributed by atoms with Crippen LogP contribution in [0.3, 0.4) is 0 Å². The first-order valence-electron chi connectivity index (χ1n) is 10.7. The Morgan fingerprint density at radius 2 is 1.66 bits per heavy atom. The van der Waals surface area contributed by atoms with E-state index < -0.39 is 6.04 Å². The van der Waals surface area contributed by atoms with Crippen LogP contribution in [0.1, 0.15) is 25.0 Å². The van der Waals surface area contributed by atoms with Crippen LogP contribution in [0.4, 0.5) is 0 Å². The Hall–Kier alpha value is -3.54. The van der Waals surface area contributed by atoms with Crippen LogP contribution >= 0.6 is 0 Å². The molecule has 0 fully saturated rings. The van der Waals surface area contributed by atoms with E-state index in [0.29, 0.717) is 11.5 Å². The van der Waals surface area contributed by atoms with Crippen molar-refractivity contribution in [1.29, 1.82) is 0 Å². The van der Waals surface area contributed by atoms with Gasteiger partial charge in [-0.2, -0.15) is 0 Å². The van der Waals surface area contributed by atoms with Crippen molar-refractivity contribution in [3.8, 4) is 11.5 Å². The van der Waals surface area contributed by atoms with Gasteiger partial charge in [-0.25, -0.2) is 0 Å². The molecule has 32 heavy (non-hydrogen) atoms. The van der Waals surface area contributed by atoms with Gasteiger partial charge in [0.25, 0.3) is 0 Å². The maximum absolute atomic E-state index is 12.9. The zero-order chi connectivity index (χ0) is 23.1. The standard InChI is InChI=1S/C26H30N2O4/c1-17(2)25(26(30)27-16-21-11-12-22(31-3)15-23(21)32-4)28-24(29)14-18-9-10-19-7-5-6-8-20(19)13-18/h5-13,15,17,25H,14,16H2,1-4H3,(H,27,30)(H,28,29). The average molecular weight is 435 g/mol. The Balaban J connectivity index is 1.62. The van der Waals surface area contributed by atoms with Crippen molar-refractivity contribution in [3.63, 3.8) is 0 Å². The first-order valence-corrected chi connectivity index (χ1v) is 10.7. The topological polar surface area (TPSA) is 76.7 Å². The van der Waals surface area contributed by atoms with E-state index in [-0.39, 0.29) is 30.7 Å². The van der Waals surface area contributed by atoms with Crippen molar-refractivity contribution < 1.29 is 19.1 Å². The second-order valence-electron chi connectivity index (χ2n) is 8.04. The lowest BCUT2D eigenvalue weighted by Crippen LogP contribution is -2.49. The highest BCUT2D eigenvalue weighted by molar-refractivity contribution is 5.89. The molecule has 0 saturated heterocycles. The summed E-state index contributed by atoms with van der Waals surface area (Å²) < 4.78 is 10.6. The zero-order valence-electron chi connectivity index (χ0n) is 19.0. The first-order chi connectivity index (χ1) is 15.4. The van der Waals surface area contributed by atoms with Crippen molar-refractivity contribution in [2.45, 2.75) is 32.9 Å². The number of nitrogens with one attached hydrogen (secondary N) is 2. The van der Waals surface area contributed by atoms with Gasteiger partial charge in [-0.1, -0.05) is 56.3 Å². The minimum absolute atomic E-state index is 0.0617. The fraction of sp³-hybridized carbons (Fsp3) is 0.308. The number of carbonyl (C=O) groups excluding carboxylic acids is 2. The van der Waals surface area contributed by atoms with Crippen molar-refractivity contribution in [1.82, 2.24) is 10.6 Å². The van der Waals surface area contributed by atoms with E-state index in [1.54, 1.807) is 20.3 Å². The van der Waals surface area contributed by atoms with Gasteiger partial charge in [0.1, 0.15) is 17.5 Å². The fourth-order valence-corrected chi connectivity index (χ4v) is 3.58. The summed E-state index contributed by atoms with van der Waals surface area (Å²) in [7, 11) is 3.16. The molecule has 3 rings (SSSR count). The Labute approximate surface area is 188 Å². The molecule has 0 radical (unpaired) electrons. The summed E-state index contributed by atoms with van der Waals surface area (Å²) in [5.41, 5.74) is 1.73. The normalized spacial score (nSPS) is 11.8. The predicted octanol–water partition coefficient (Wildman–Crippen LogP) is 3.86. The molecule has 2 amide bonds. The number of carbonyl (C=O) groups is 2. The number of fused-ring (bicyclic) bond motifs is 1. The largest absolute Gasteiger partial charge is 0.497 e. The van der Waals surface area contributed by atoms with Gasteiger partial charge in [-0.15, -0.1) is 0 Å². The van der Waals surface area contributed by atoms with Crippen LogP contribution in [0, 0.1) is 5.92 Å². The summed E-state index contributed by atoms with van der Waals surface area (Å²) in [6.07, 6.45) is 0.216. The highest BCUT2D eigenvalue weighted by Gasteiger charge is 2.24. The average Bonchev–Trinajstić information content (AvgIpc) is 2.80. The summed E-state index contributed by atoms with van der Waals surface area (Å²) in [5.74, 6) is 0.832. The molecule has 0 heterocycles. The molecule has 0 aromatic heterocycles. The third-order valence-electron chi connectivity index (χ3n) is 5.39. The second-order valence-corrected chi connectivity index (χ2v) is 8.04. The lowest BCUT2D eigenvalue weighted by Gasteiger charge is -2.22. The molecule has 1 atom stereocenters. The van der Waals surface area contributed by atoms with Gasteiger partial charge in [-0.3, -0.25) is 9.59 Å². The minimum atomic E-state index is -0.632. The van der Waals surface area contributed by atoms with Crippen molar-refractivity contribution in [2.75, 3.05) is 14.2 Å². The number of rotatable bonds is 9. The molecule has 168 valence electrons. The summed E-state index contributed by atoms with van der Waals surface area (Å²) in [5, 5.41) is 8.02. The van der Waals surface area contributed by atoms with Crippen molar-refractivity contribution in [3.05, 3.63) is 71.8 Å². The Morgan fingerprint density at radius 3 is 2.34 bits per heavy atom. The van der Waals surface area contributed by atoms with E-state index in [1.165, 1.54) is 0 Å². The number of ether oxygens (including phenoxy) is 2. The van der Waals surface area contributed by atoms with Crippen LogP contribution in [0.5, 0.6) is 11.5 Å². The van der Waals surface area contributed by atoms with E-state index in [4.69, 9.17) is 9.47 Å². The SMILES string of the molecule is COc1ccc(CNC(=O)C(NC(=O)Cc2ccc3ccccc3c2)C(C)C)c(OC)c1. The van der Waals surface area contributed by atoms with E-state index in [9.17, 15) is 9.59 Å².